The van der Waals surface area contributed by atoms with E-state index in [4.69, 9.17) is 10.2 Å². The molecule has 92 valence electrons. The Labute approximate surface area is 97.5 Å². The fourth-order valence-corrected chi connectivity index (χ4v) is 1.46. The summed E-state index contributed by atoms with van der Waals surface area (Å²) in [5.74, 6) is -4.37. The molecule has 0 aromatic carbocycles. The van der Waals surface area contributed by atoms with E-state index in [9.17, 15) is 14.7 Å². The summed E-state index contributed by atoms with van der Waals surface area (Å²) in [5.41, 5.74) is 1.31. The van der Waals surface area contributed by atoms with Crippen molar-refractivity contribution in [3.8, 4) is 5.75 Å². The third-order valence-electron chi connectivity index (χ3n) is 2.61. The number of carboxylic acids is 2. The van der Waals surface area contributed by atoms with Crippen LogP contribution in [0.3, 0.4) is 0 Å². The maximum atomic E-state index is 10.7. The lowest BCUT2D eigenvalue weighted by Crippen LogP contribution is -2.25. The predicted octanol–water partition coefficient (Wildman–Crippen LogP) is 0.732. The van der Waals surface area contributed by atoms with Crippen molar-refractivity contribution in [3.05, 3.63) is 23.0 Å². The van der Waals surface area contributed by atoms with Gasteiger partial charge in [-0.05, 0) is 31.4 Å². The summed E-state index contributed by atoms with van der Waals surface area (Å²) in [6.45, 7) is 3.21. The van der Waals surface area contributed by atoms with Crippen LogP contribution in [0.25, 0.3) is 0 Å². The maximum Gasteiger partial charge on any atom is 0.318 e. The fourth-order valence-electron chi connectivity index (χ4n) is 1.46. The molecule has 6 heteroatoms. The molecule has 0 atom stereocenters. The first-order valence-electron chi connectivity index (χ1n) is 4.94. The maximum absolute atomic E-state index is 10.7. The zero-order valence-corrected chi connectivity index (χ0v) is 9.47. The monoisotopic (exact) mass is 239 g/mol. The van der Waals surface area contributed by atoms with Gasteiger partial charge in [0.15, 0.2) is 5.92 Å². The van der Waals surface area contributed by atoms with Crippen molar-refractivity contribution in [1.82, 2.24) is 4.98 Å². The minimum atomic E-state index is -1.53. The van der Waals surface area contributed by atoms with Crippen LogP contribution in [0.1, 0.15) is 16.8 Å². The highest BCUT2D eigenvalue weighted by molar-refractivity contribution is 5.93. The summed E-state index contributed by atoms with van der Waals surface area (Å²) in [7, 11) is 0. The molecule has 0 spiro atoms. The van der Waals surface area contributed by atoms with Crippen molar-refractivity contribution in [2.75, 3.05) is 0 Å². The van der Waals surface area contributed by atoms with Crippen molar-refractivity contribution in [3.63, 3.8) is 0 Å². The van der Waals surface area contributed by atoms with Crippen molar-refractivity contribution in [2.24, 2.45) is 5.92 Å². The van der Waals surface area contributed by atoms with E-state index in [1.165, 1.54) is 6.20 Å². The van der Waals surface area contributed by atoms with Gasteiger partial charge in [0.05, 0.1) is 5.69 Å². The Morgan fingerprint density at radius 3 is 2.29 bits per heavy atom. The number of nitrogens with zero attached hydrogens (tertiary/aromatic N) is 1. The van der Waals surface area contributed by atoms with Crippen molar-refractivity contribution in [2.45, 2.75) is 20.3 Å². The second kappa shape index (κ2) is 4.82. The van der Waals surface area contributed by atoms with Crippen LogP contribution < -0.4 is 0 Å². The second-order valence-corrected chi connectivity index (χ2v) is 3.78. The molecular weight excluding hydrogens is 226 g/mol. The average molecular weight is 239 g/mol. The lowest BCUT2D eigenvalue weighted by molar-refractivity contribution is -0.154. The molecule has 1 aromatic heterocycles. The van der Waals surface area contributed by atoms with E-state index >= 15 is 0 Å². The topological polar surface area (TPSA) is 108 Å². The summed E-state index contributed by atoms with van der Waals surface area (Å²) in [5, 5.41) is 27.1. The van der Waals surface area contributed by atoms with E-state index in [0.717, 1.165) is 0 Å². The Hall–Kier alpha value is -2.11. The Kier molecular flexibility index (Phi) is 3.67. The fraction of sp³-hybridized carbons (Fsp3) is 0.364. The quantitative estimate of drug-likeness (QED) is 0.668. The molecule has 3 N–H and O–H groups in total. The van der Waals surface area contributed by atoms with Gasteiger partial charge in [-0.3, -0.25) is 14.6 Å². The van der Waals surface area contributed by atoms with E-state index < -0.39 is 17.9 Å². The summed E-state index contributed by atoms with van der Waals surface area (Å²) in [4.78, 5) is 25.4. The molecule has 6 nitrogen and oxygen atoms in total. The molecular formula is C11H13NO5. The standard InChI is InChI=1S/C11H13NO5/c1-5-7(4-12-6(2)9(5)13)3-8(10(14)15)11(16)17/h4,8,13H,3H2,1-2H3,(H,14,15)(H,16,17). The lowest BCUT2D eigenvalue weighted by atomic mass is 9.97. The van der Waals surface area contributed by atoms with Gasteiger partial charge in [0.2, 0.25) is 0 Å². The lowest BCUT2D eigenvalue weighted by Gasteiger charge is -2.11. The number of aromatic hydroxyl groups is 1. The smallest absolute Gasteiger partial charge is 0.318 e. The number of pyridine rings is 1. The number of aromatic nitrogens is 1. The van der Waals surface area contributed by atoms with Gasteiger partial charge in [-0.1, -0.05) is 0 Å². The highest BCUT2D eigenvalue weighted by atomic mass is 16.4. The third kappa shape index (κ3) is 2.72. The van der Waals surface area contributed by atoms with Crippen LogP contribution in [-0.4, -0.2) is 32.2 Å². The summed E-state index contributed by atoms with van der Waals surface area (Å²) >= 11 is 0. The number of hydrogen-bond donors (Lipinski definition) is 3. The van der Waals surface area contributed by atoms with Crippen LogP contribution in [0.2, 0.25) is 0 Å². The Morgan fingerprint density at radius 2 is 1.82 bits per heavy atom. The molecule has 0 radical (unpaired) electrons. The van der Waals surface area contributed by atoms with Gasteiger partial charge in [-0.25, -0.2) is 0 Å². The highest BCUT2D eigenvalue weighted by Gasteiger charge is 2.27. The number of hydrogen-bond acceptors (Lipinski definition) is 4. The zero-order chi connectivity index (χ0) is 13.2. The first-order chi connectivity index (χ1) is 7.84. The number of rotatable bonds is 4. The Balaban J connectivity index is 3.06. The Bertz CT molecular complexity index is 455. The minimum Gasteiger partial charge on any atom is -0.506 e. The number of aryl methyl sites for hydroxylation is 1. The Morgan fingerprint density at radius 1 is 1.29 bits per heavy atom. The van der Waals surface area contributed by atoms with Crippen LogP contribution in [0.5, 0.6) is 5.75 Å². The van der Waals surface area contributed by atoms with E-state index in [1.807, 2.05) is 0 Å². The summed E-state index contributed by atoms with van der Waals surface area (Å²) < 4.78 is 0. The van der Waals surface area contributed by atoms with Gasteiger partial charge < -0.3 is 15.3 Å². The number of carbonyl (C=O) groups is 2. The molecule has 1 aromatic rings. The number of aliphatic carboxylic acids is 2. The third-order valence-corrected chi connectivity index (χ3v) is 2.61. The molecule has 1 rings (SSSR count). The molecule has 0 bridgehead atoms. The first kappa shape index (κ1) is 13.0. The second-order valence-electron chi connectivity index (χ2n) is 3.78. The van der Waals surface area contributed by atoms with Gasteiger partial charge in [0.1, 0.15) is 5.75 Å². The average Bonchev–Trinajstić information content (AvgIpc) is 2.24. The van der Waals surface area contributed by atoms with Gasteiger partial charge in [-0.2, -0.15) is 0 Å². The van der Waals surface area contributed by atoms with Gasteiger partial charge in [0, 0.05) is 6.20 Å². The van der Waals surface area contributed by atoms with Crippen LogP contribution in [0, 0.1) is 19.8 Å². The zero-order valence-electron chi connectivity index (χ0n) is 9.47. The summed E-state index contributed by atoms with van der Waals surface area (Å²) in [6, 6.07) is 0. The van der Waals surface area contributed by atoms with Crippen LogP contribution in [0.4, 0.5) is 0 Å². The highest BCUT2D eigenvalue weighted by Crippen LogP contribution is 2.24. The first-order valence-corrected chi connectivity index (χ1v) is 4.94. The van der Waals surface area contributed by atoms with E-state index in [1.54, 1.807) is 13.8 Å². The van der Waals surface area contributed by atoms with Crippen molar-refractivity contribution >= 4 is 11.9 Å². The normalized spacial score (nSPS) is 10.5. The molecule has 0 aliphatic heterocycles. The minimum absolute atomic E-state index is 0.0305. The van der Waals surface area contributed by atoms with E-state index in [0.29, 0.717) is 16.8 Å². The van der Waals surface area contributed by atoms with Crippen LogP contribution >= 0.6 is 0 Å². The largest absolute Gasteiger partial charge is 0.506 e. The summed E-state index contributed by atoms with van der Waals surface area (Å²) in [6.07, 6.45) is 1.20. The predicted molar refractivity (Wildman–Crippen MR) is 57.8 cm³/mol. The SMILES string of the molecule is Cc1ncc(CC(C(=O)O)C(=O)O)c(C)c1O. The van der Waals surface area contributed by atoms with Crippen molar-refractivity contribution in [1.29, 1.82) is 0 Å². The van der Waals surface area contributed by atoms with E-state index in [-0.39, 0.29) is 12.2 Å². The molecule has 0 amide bonds. The van der Waals surface area contributed by atoms with Gasteiger partial charge >= 0.3 is 11.9 Å². The van der Waals surface area contributed by atoms with E-state index in [2.05, 4.69) is 4.98 Å². The molecule has 0 aliphatic carbocycles. The molecule has 0 saturated carbocycles. The van der Waals surface area contributed by atoms with Crippen LogP contribution in [0.15, 0.2) is 6.20 Å². The molecule has 0 aliphatic rings. The van der Waals surface area contributed by atoms with Crippen LogP contribution in [-0.2, 0) is 16.0 Å². The molecule has 1 heterocycles. The van der Waals surface area contributed by atoms with Crippen molar-refractivity contribution < 1.29 is 24.9 Å². The molecule has 0 fully saturated rings. The number of carboxylic acid groups (broad SMARTS) is 2. The van der Waals surface area contributed by atoms with Gasteiger partial charge in [0.25, 0.3) is 0 Å². The molecule has 17 heavy (non-hydrogen) atoms. The van der Waals surface area contributed by atoms with Gasteiger partial charge in [-0.15, -0.1) is 0 Å². The molecule has 0 unspecified atom stereocenters. The molecule has 0 saturated heterocycles.